The van der Waals surface area contributed by atoms with E-state index in [0.29, 0.717) is 24.5 Å². The molecule has 3 nitrogen and oxygen atoms in total. The van der Waals surface area contributed by atoms with Gasteiger partial charge in [-0.15, -0.1) is 0 Å². The number of amides is 1. The monoisotopic (exact) mass is 341 g/mol. The molecular weight excluding hydrogens is 310 g/mol. The molecule has 2 aliphatic heterocycles. The molecule has 2 saturated heterocycles. The Kier molecular flexibility index (Phi) is 4.86. The zero-order valence-corrected chi connectivity index (χ0v) is 15.3. The second-order valence-electron chi connectivity index (χ2n) is 8.41. The van der Waals surface area contributed by atoms with Crippen LogP contribution in [-0.2, 0) is 14.9 Å². The van der Waals surface area contributed by atoms with Crippen LogP contribution in [0.1, 0.15) is 63.4 Å². The topological polar surface area (TPSA) is 29.5 Å². The number of hydrogen-bond donors (Lipinski definition) is 0. The number of rotatable bonds is 2. The number of nitrogens with zero attached hydrogens (tertiary/aromatic N) is 1. The van der Waals surface area contributed by atoms with E-state index in [0.717, 1.165) is 25.9 Å². The van der Waals surface area contributed by atoms with E-state index >= 15 is 0 Å². The Morgan fingerprint density at radius 1 is 0.840 bits per heavy atom. The highest BCUT2D eigenvalue weighted by Crippen LogP contribution is 2.46. The van der Waals surface area contributed by atoms with Crippen molar-refractivity contribution in [2.45, 2.75) is 63.2 Å². The van der Waals surface area contributed by atoms with Gasteiger partial charge in [0.15, 0.2) is 0 Å². The number of carbonyl (C=O) groups is 1. The molecule has 4 rings (SSSR count). The van der Waals surface area contributed by atoms with Crippen molar-refractivity contribution in [3.63, 3.8) is 0 Å². The Balaban J connectivity index is 1.52. The zero-order chi connectivity index (χ0) is 17.2. The standard InChI is InChI=1S/C22H31NO2/c24-20(23-15-11-21(12-16-23)9-5-2-6-10-21)22(13-17-25-18-14-22)19-7-3-1-4-8-19/h1,3-4,7-8H,2,5-6,9-18H2. The summed E-state index contributed by atoms with van der Waals surface area (Å²) in [6.07, 6.45) is 11.0. The Hall–Kier alpha value is -1.35. The van der Waals surface area contributed by atoms with Crippen LogP contribution >= 0.6 is 0 Å². The Labute approximate surface area is 151 Å². The van der Waals surface area contributed by atoms with E-state index in [9.17, 15) is 4.79 Å². The molecular formula is C22H31NO2. The summed E-state index contributed by atoms with van der Waals surface area (Å²) in [6, 6.07) is 10.4. The van der Waals surface area contributed by atoms with Crippen molar-refractivity contribution in [3.8, 4) is 0 Å². The lowest BCUT2D eigenvalue weighted by atomic mass is 9.67. The molecule has 25 heavy (non-hydrogen) atoms. The number of benzene rings is 1. The third kappa shape index (κ3) is 3.23. The molecule has 136 valence electrons. The number of carbonyl (C=O) groups excluding carboxylic acids is 1. The predicted octanol–water partition coefficient (Wildman–Crippen LogP) is 4.31. The van der Waals surface area contributed by atoms with Gasteiger partial charge in [0.05, 0.1) is 5.41 Å². The fraction of sp³-hybridized carbons (Fsp3) is 0.682. The second-order valence-corrected chi connectivity index (χ2v) is 8.41. The fourth-order valence-electron chi connectivity index (χ4n) is 5.39. The largest absolute Gasteiger partial charge is 0.381 e. The molecule has 0 bridgehead atoms. The SMILES string of the molecule is O=C(N1CCC2(CCCCC2)CC1)C1(c2ccccc2)CCOCC1. The molecule has 0 radical (unpaired) electrons. The van der Waals surface area contributed by atoms with Crippen LogP contribution in [0.15, 0.2) is 30.3 Å². The molecule has 3 heteroatoms. The van der Waals surface area contributed by atoms with Crippen LogP contribution in [-0.4, -0.2) is 37.1 Å². The van der Waals surface area contributed by atoms with Gasteiger partial charge in [0.2, 0.25) is 5.91 Å². The Bertz CT molecular complexity index is 575. The van der Waals surface area contributed by atoms with E-state index in [4.69, 9.17) is 4.74 Å². The van der Waals surface area contributed by atoms with Gasteiger partial charge in [-0.05, 0) is 49.5 Å². The van der Waals surface area contributed by atoms with E-state index in [1.54, 1.807) is 0 Å². The lowest BCUT2D eigenvalue weighted by Crippen LogP contribution is -2.53. The van der Waals surface area contributed by atoms with E-state index in [1.807, 2.05) is 6.07 Å². The van der Waals surface area contributed by atoms with Crippen molar-refractivity contribution in [2.24, 2.45) is 5.41 Å². The fourth-order valence-corrected chi connectivity index (χ4v) is 5.39. The van der Waals surface area contributed by atoms with Gasteiger partial charge in [-0.3, -0.25) is 4.79 Å². The van der Waals surface area contributed by atoms with Gasteiger partial charge >= 0.3 is 0 Å². The van der Waals surface area contributed by atoms with Gasteiger partial charge in [-0.1, -0.05) is 49.6 Å². The third-order valence-corrected chi connectivity index (χ3v) is 7.11. The Morgan fingerprint density at radius 3 is 2.12 bits per heavy atom. The highest BCUT2D eigenvalue weighted by atomic mass is 16.5. The van der Waals surface area contributed by atoms with E-state index in [2.05, 4.69) is 29.2 Å². The summed E-state index contributed by atoms with van der Waals surface area (Å²) in [5.41, 5.74) is 1.36. The smallest absolute Gasteiger partial charge is 0.233 e. The van der Waals surface area contributed by atoms with Gasteiger partial charge in [-0.25, -0.2) is 0 Å². The first-order valence-electron chi connectivity index (χ1n) is 10.2. The number of ether oxygens (including phenoxy) is 1. The van der Waals surface area contributed by atoms with Gasteiger partial charge in [0, 0.05) is 26.3 Å². The predicted molar refractivity (Wildman–Crippen MR) is 99.5 cm³/mol. The molecule has 1 aliphatic carbocycles. The van der Waals surface area contributed by atoms with Gasteiger partial charge in [-0.2, -0.15) is 0 Å². The lowest BCUT2D eigenvalue weighted by Gasteiger charge is -2.47. The van der Waals surface area contributed by atoms with Crippen molar-refractivity contribution in [3.05, 3.63) is 35.9 Å². The first-order chi connectivity index (χ1) is 12.2. The average Bonchev–Trinajstić information content (AvgIpc) is 2.70. The van der Waals surface area contributed by atoms with Crippen molar-refractivity contribution in [1.29, 1.82) is 0 Å². The maximum atomic E-state index is 13.6. The maximum absolute atomic E-state index is 13.6. The average molecular weight is 341 g/mol. The zero-order valence-electron chi connectivity index (χ0n) is 15.3. The number of hydrogen-bond acceptors (Lipinski definition) is 2. The molecule has 1 aromatic rings. The maximum Gasteiger partial charge on any atom is 0.233 e. The van der Waals surface area contributed by atoms with Gasteiger partial charge in [0.1, 0.15) is 0 Å². The molecule has 1 spiro atoms. The third-order valence-electron chi connectivity index (χ3n) is 7.11. The summed E-state index contributed by atoms with van der Waals surface area (Å²) in [4.78, 5) is 15.8. The van der Waals surface area contributed by atoms with Crippen LogP contribution in [0.3, 0.4) is 0 Å². The molecule has 0 unspecified atom stereocenters. The van der Waals surface area contributed by atoms with E-state index < -0.39 is 0 Å². The van der Waals surface area contributed by atoms with Crippen molar-refractivity contribution in [1.82, 2.24) is 4.90 Å². The van der Waals surface area contributed by atoms with Crippen molar-refractivity contribution in [2.75, 3.05) is 26.3 Å². The minimum absolute atomic E-state index is 0.354. The molecule has 0 N–H and O–H groups in total. The molecule has 1 amide bonds. The highest BCUT2D eigenvalue weighted by molar-refractivity contribution is 5.88. The summed E-state index contributed by atoms with van der Waals surface area (Å²) in [5.74, 6) is 0.354. The van der Waals surface area contributed by atoms with E-state index in [-0.39, 0.29) is 5.41 Å². The minimum atomic E-state index is -0.365. The van der Waals surface area contributed by atoms with Crippen LogP contribution in [0.2, 0.25) is 0 Å². The van der Waals surface area contributed by atoms with Crippen LogP contribution in [0.5, 0.6) is 0 Å². The summed E-state index contributed by atoms with van der Waals surface area (Å²) in [6.45, 7) is 3.29. The minimum Gasteiger partial charge on any atom is -0.381 e. The number of likely N-dealkylation sites (tertiary alicyclic amines) is 1. The van der Waals surface area contributed by atoms with Crippen LogP contribution in [0.25, 0.3) is 0 Å². The van der Waals surface area contributed by atoms with Gasteiger partial charge in [0.25, 0.3) is 0 Å². The molecule has 1 aromatic carbocycles. The number of piperidine rings is 1. The second kappa shape index (κ2) is 7.11. The van der Waals surface area contributed by atoms with Crippen LogP contribution in [0.4, 0.5) is 0 Å². The van der Waals surface area contributed by atoms with Crippen LogP contribution < -0.4 is 0 Å². The quantitative estimate of drug-likeness (QED) is 0.802. The summed E-state index contributed by atoms with van der Waals surface area (Å²) in [5, 5.41) is 0. The molecule has 3 aliphatic rings. The molecule has 0 aromatic heterocycles. The van der Waals surface area contributed by atoms with E-state index in [1.165, 1.54) is 50.5 Å². The molecule has 3 fully saturated rings. The summed E-state index contributed by atoms with van der Waals surface area (Å²) in [7, 11) is 0. The highest BCUT2D eigenvalue weighted by Gasteiger charge is 2.46. The summed E-state index contributed by atoms with van der Waals surface area (Å²) < 4.78 is 5.60. The van der Waals surface area contributed by atoms with Gasteiger partial charge < -0.3 is 9.64 Å². The van der Waals surface area contributed by atoms with Crippen molar-refractivity contribution < 1.29 is 9.53 Å². The first kappa shape index (κ1) is 17.1. The van der Waals surface area contributed by atoms with Crippen LogP contribution in [0, 0.1) is 5.41 Å². The molecule has 0 atom stereocenters. The Morgan fingerprint density at radius 2 is 1.48 bits per heavy atom. The normalized spacial score (nSPS) is 25.7. The molecule has 1 saturated carbocycles. The summed E-state index contributed by atoms with van der Waals surface area (Å²) >= 11 is 0. The first-order valence-corrected chi connectivity index (χ1v) is 10.2. The lowest BCUT2D eigenvalue weighted by molar-refractivity contribution is -0.144. The van der Waals surface area contributed by atoms with Crippen molar-refractivity contribution >= 4 is 5.91 Å². The molecule has 2 heterocycles.